The zero-order valence-electron chi connectivity index (χ0n) is 14.6. The van der Waals surface area contributed by atoms with Crippen LogP contribution in [0, 0.1) is 15.9 Å². The lowest BCUT2D eigenvalue weighted by molar-refractivity contribution is -0.385. The highest BCUT2D eigenvalue weighted by Crippen LogP contribution is 2.40. The minimum atomic E-state index is -0.557. The number of rotatable bonds is 7. The molecule has 7 nitrogen and oxygen atoms in total. The van der Waals surface area contributed by atoms with Gasteiger partial charge in [-0.05, 0) is 44.2 Å². The molecule has 0 atom stereocenters. The molecule has 0 spiro atoms. The number of hydrogen-bond donors (Lipinski definition) is 0. The molecule has 0 unspecified atom stereocenters. The van der Waals surface area contributed by atoms with Gasteiger partial charge in [0.2, 0.25) is 0 Å². The summed E-state index contributed by atoms with van der Waals surface area (Å²) in [6.07, 6.45) is -0.278. The van der Waals surface area contributed by atoms with E-state index in [4.69, 9.17) is 13.9 Å². The SMILES string of the molecule is CC(C)Oc1cc2c(COC=O)c(-c3ccc(F)cc3)oc2cc1[N+](=O)[O-]. The fourth-order valence-corrected chi connectivity index (χ4v) is 2.75. The molecule has 3 aromatic rings. The number of nitro benzene ring substituents is 1. The number of ether oxygens (including phenoxy) is 2. The van der Waals surface area contributed by atoms with Crippen molar-refractivity contribution in [1.29, 1.82) is 0 Å². The first-order valence-electron chi connectivity index (χ1n) is 8.12. The summed E-state index contributed by atoms with van der Waals surface area (Å²) in [5.41, 5.74) is 1.05. The van der Waals surface area contributed by atoms with Gasteiger partial charge in [0.15, 0.2) is 5.75 Å². The van der Waals surface area contributed by atoms with Crippen LogP contribution in [-0.4, -0.2) is 17.5 Å². The average molecular weight is 373 g/mol. The van der Waals surface area contributed by atoms with Gasteiger partial charge in [-0.15, -0.1) is 0 Å². The third-order valence-corrected chi connectivity index (χ3v) is 3.83. The maximum absolute atomic E-state index is 13.2. The van der Waals surface area contributed by atoms with Crippen molar-refractivity contribution in [2.75, 3.05) is 0 Å². The number of carbonyl (C=O) groups excluding carboxylic acids is 1. The summed E-state index contributed by atoms with van der Waals surface area (Å²) in [5.74, 6) is 0.00737. The Morgan fingerprint density at radius 1 is 1.26 bits per heavy atom. The molecule has 27 heavy (non-hydrogen) atoms. The standard InChI is InChI=1S/C19H16FNO6/c1-11(2)26-18-7-14-15(9-25-10-22)19(12-3-5-13(20)6-4-12)27-17(14)8-16(18)21(23)24/h3-8,10-11H,9H2,1-2H3. The van der Waals surface area contributed by atoms with Crippen LogP contribution in [-0.2, 0) is 16.1 Å². The lowest BCUT2D eigenvalue weighted by Crippen LogP contribution is -2.07. The third kappa shape index (κ3) is 3.74. The van der Waals surface area contributed by atoms with Gasteiger partial charge >= 0.3 is 5.69 Å². The second kappa shape index (κ2) is 7.45. The molecule has 0 saturated carbocycles. The fraction of sp³-hybridized carbons (Fsp3) is 0.211. The predicted octanol–water partition coefficient (Wildman–Crippen LogP) is 4.61. The van der Waals surface area contributed by atoms with Crippen LogP contribution in [0.5, 0.6) is 5.75 Å². The van der Waals surface area contributed by atoms with Gasteiger partial charge in [-0.25, -0.2) is 4.39 Å². The average Bonchev–Trinajstić information content (AvgIpc) is 2.96. The Hall–Kier alpha value is -3.42. The van der Waals surface area contributed by atoms with Crippen molar-refractivity contribution in [3.63, 3.8) is 0 Å². The van der Waals surface area contributed by atoms with Gasteiger partial charge in [0.25, 0.3) is 6.47 Å². The topological polar surface area (TPSA) is 91.8 Å². The highest BCUT2D eigenvalue weighted by atomic mass is 19.1. The van der Waals surface area contributed by atoms with Crippen LogP contribution >= 0.6 is 0 Å². The van der Waals surface area contributed by atoms with Gasteiger partial charge in [-0.2, -0.15) is 0 Å². The van der Waals surface area contributed by atoms with E-state index in [9.17, 15) is 19.3 Å². The zero-order chi connectivity index (χ0) is 19.6. The fourth-order valence-electron chi connectivity index (χ4n) is 2.75. The Morgan fingerprint density at radius 3 is 2.56 bits per heavy atom. The van der Waals surface area contributed by atoms with Crippen molar-refractivity contribution < 1.29 is 28.0 Å². The van der Waals surface area contributed by atoms with E-state index < -0.39 is 10.7 Å². The summed E-state index contributed by atoms with van der Waals surface area (Å²) in [4.78, 5) is 21.5. The summed E-state index contributed by atoms with van der Waals surface area (Å²) in [5, 5.41) is 11.9. The van der Waals surface area contributed by atoms with E-state index >= 15 is 0 Å². The van der Waals surface area contributed by atoms with Crippen LogP contribution < -0.4 is 4.74 Å². The van der Waals surface area contributed by atoms with Crippen molar-refractivity contribution in [3.05, 3.63) is 57.9 Å². The lowest BCUT2D eigenvalue weighted by Gasteiger charge is -2.10. The Balaban J connectivity index is 2.24. The Labute approximate surface area is 153 Å². The predicted molar refractivity (Wildman–Crippen MR) is 94.9 cm³/mol. The van der Waals surface area contributed by atoms with E-state index in [0.29, 0.717) is 28.7 Å². The normalized spacial score (nSPS) is 11.0. The second-order valence-electron chi connectivity index (χ2n) is 6.06. The van der Waals surface area contributed by atoms with Crippen molar-refractivity contribution >= 4 is 23.1 Å². The van der Waals surface area contributed by atoms with Gasteiger partial charge in [0.1, 0.15) is 23.8 Å². The summed E-state index contributed by atoms with van der Waals surface area (Å²) in [6, 6.07) is 8.32. The molecule has 0 amide bonds. The highest BCUT2D eigenvalue weighted by Gasteiger charge is 2.24. The molecular weight excluding hydrogens is 357 g/mol. The minimum Gasteiger partial charge on any atom is -0.484 e. The van der Waals surface area contributed by atoms with E-state index in [0.717, 1.165) is 0 Å². The Morgan fingerprint density at radius 2 is 1.96 bits per heavy atom. The van der Waals surface area contributed by atoms with E-state index in [1.807, 2.05) is 0 Å². The lowest BCUT2D eigenvalue weighted by atomic mass is 10.1. The number of nitrogens with zero attached hydrogens (tertiary/aromatic N) is 1. The summed E-state index contributed by atoms with van der Waals surface area (Å²) >= 11 is 0. The Bertz CT molecular complexity index is 994. The molecule has 1 aromatic heterocycles. The van der Waals surface area contributed by atoms with Gasteiger partial charge in [-0.3, -0.25) is 14.9 Å². The summed E-state index contributed by atoms with van der Waals surface area (Å²) in [6.45, 7) is 3.69. The smallest absolute Gasteiger partial charge is 0.314 e. The molecule has 0 aliphatic carbocycles. The summed E-state index contributed by atoms with van der Waals surface area (Å²) in [7, 11) is 0. The Kier molecular flexibility index (Phi) is 5.07. The van der Waals surface area contributed by atoms with Crippen LogP contribution in [0.4, 0.5) is 10.1 Å². The van der Waals surface area contributed by atoms with Crippen molar-refractivity contribution in [2.24, 2.45) is 0 Å². The van der Waals surface area contributed by atoms with Crippen molar-refractivity contribution in [1.82, 2.24) is 0 Å². The molecule has 0 radical (unpaired) electrons. The molecular formula is C19H16FNO6. The molecule has 0 aliphatic rings. The van der Waals surface area contributed by atoms with E-state index in [-0.39, 0.29) is 29.7 Å². The molecule has 0 N–H and O–H groups in total. The number of halogens is 1. The van der Waals surface area contributed by atoms with Crippen molar-refractivity contribution in [3.8, 4) is 17.1 Å². The van der Waals surface area contributed by atoms with Gasteiger partial charge < -0.3 is 13.9 Å². The first-order valence-corrected chi connectivity index (χ1v) is 8.12. The molecule has 0 fully saturated rings. The van der Waals surface area contributed by atoms with Crippen LogP contribution in [0.1, 0.15) is 19.4 Å². The number of benzene rings is 2. The van der Waals surface area contributed by atoms with Crippen LogP contribution in [0.15, 0.2) is 40.8 Å². The quantitative estimate of drug-likeness (QED) is 0.341. The molecule has 0 saturated heterocycles. The molecule has 0 bridgehead atoms. The maximum atomic E-state index is 13.2. The first-order chi connectivity index (χ1) is 12.9. The number of hydrogen-bond acceptors (Lipinski definition) is 6. The highest BCUT2D eigenvalue weighted by molar-refractivity contribution is 5.91. The third-order valence-electron chi connectivity index (χ3n) is 3.83. The van der Waals surface area contributed by atoms with Crippen LogP contribution in [0.3, 0.4) is 0 Å². The van der Waals surface area contributed by atoms with Gasteiger partial charge in [-0.1, -0.05) is 0 Å². The maximum Gasteiger partial charge on any atom is 0.314 e. The van der Waals surface area contributed by atoms with E-state index in [1.165, 1.54) is 36.4 Å². The second-order valence-corrected chi connectivity index (χ2v) is 6.06. The number of carbonyl (C=O) groups is 1. The van der Waals surface area contributed by atoms with Crippen LogP contribution in [0.25, 0.3) is 22.3 Å². The van der Waals surface area contributed by atoms with Gasteiger partial charge in [0, 0.05) is 16.5 Å². The first kappa shape index (κ1) is 18.4. The monoisotopic (exact) mass is 373 g/mol. The summed E-state index contributed by atoms with van der Waals surface area (Å²) < 4.78 is 29.5. The minimum absolute atomic E-state index is 0.0845. The van der Waals surface area contributed by atoms with Crippen LogP contribution in [0.2, 0.25) is 0 Å². The molecule has 0 aliphatic heterocycles. The molecule has 8 heteroatoms. The number of fused-ring (bicyclic) bond motifs is 1. The molecule has 2 aromatic carbocycles. The molecule has 3 rings (SSSR count). The van der Waals surface area contributed by atoms with E-state index in [1.54, 1.807) is 13.8 Å². The molecule has 1 heterocycles. The largest absolute Gasteiger partial charge is 0.484 e. The number of nitro groups is 1. The van der Waals surface area contributed by atoms with E-state index in [2.05, 4.69) is 0 Å². The zero-order valence-corrected chi connectivity index (χ0v) is 14.6. The number of furan rings is 1. The van der Waals surface area contributed by atoms with Crippen molar-refractivity contribution in [2.45, 2.75) is 26.6 Å². The molecule has 140 valence electrons. The van der Waals surface area contributed by atoms with Gasteiger partial charge in [0.05, 0.1) is 17.1 Å².